The summed E-state index contributed by atoms with van der Waals surface area (Å²) in [5.41, 5.74) is 3.93. The van der Waals surface area contributed by atoms with Gasteiger partial charge in [0.15, 0.2) is 0 Å². The molecule has 5 rings (SSSR count). The summed E-state index contributed by atoms with van der Waals surface area (Å²) in [5, 5.41) is 3.14. The quantitative estimate of drug-likeness (QED) is 0.741. The first-order valence-corrected chi connectivity index (χ1v) is 12.2. The van der Waals surface area contributed by atoms with E-state index in [1.54, 1.807) is 0 Å². The molecule has 3 atom stereocenters. The Morgan fingerprint density at radius 2 is 1.69 bits per heavy atom. The summed E-state index contributed by atoms with van der Waals surface area (Å²) in [6, 6.07) is 15.4. The number of carbonyl (C=O) groups is 2. The molecule has 2 heterocycles. The first kappa shape index (κ1) is 21.0. The van der Waals surface area contributed by atoms with Gasteiger partial charge in [-0.25, -0.2) is 0 Å². The molecule has 3 fully saturated rings. The summed E-state index contributed by atoms with van der Waals surface area (Å²) in [6.07, 6.45) is 7.68. The van der Waals surface area contributed by atoms with Crippen molar-refractivity contribution in [3.05, 3.63) is 59.7 Å². The maximum Gasteiger partial charge on any atom is 0.254 e. The molecule has 1 aliphatic carbocycles. The predicted molar refractivity (Wildman–Crippen MR) is 128 cm³/mol. The number of nitrogens with zero attached hydrogens (tertiary/aromatic N) is 2. The number of anilines is 2. The lowest BCUT2D eigenvalue weighted by atomic mass is 9.84. The Balaban J connectivity index is 1.36. The zero-order valence-corrected chi connectivity index (χ0v) is 18.9. The molecular formula is C27H33N3O2. The van der Waals surface area contributed by atoms with Gasteiger partial charge in [-0.3, -0.25) is 9.59 Å². The van der Waals surface area contributed by atoms with Crippen LogP contribution in [-0.2, 0) is 4.79 Å². The predicted octanol–water partition coefficient (Wildman–Crippen LogP) is 5.01. The van der Waals surface area contributed by atoms with E-state index in [1.165, 1.54) is 30.5 Å². The van der Waals surface area contributed by atoms with Crippen LogP contribution >= 0.6 is 0 Å². The highest BCUT2D eigenvalue weighted by Crippen LogP contribution is 2.41. The number of nitrogens with one attached hydrogen (secondary N) is 1. The van der Waals surface area contributed by atoms with E-state index in [0.717, 1.165) is 44.5 Å². The van der Waals surface area contributed by atoms with E-state index < -0.39 is 6.04 Å². The molecule has 2 aromatic carbocycles. The highest BCUT2D eigenvalue weighted by atomic mass is 16.2. The zero-order valence-electron chi connectivity index (χ0n) is 18.9. The fraction of sp³-hybridized carbons (Fsp3) is 0.481. The second-order valence-corrected chi connectivity index (χ2v) is 9.63. The molecule has 1 saturated carbocycles. The van der Waals surface area contributed by atoms with Gasteiger partial charge in [0.2, 0.25) is 5.91 Å². The maximum absolute atomic E-state index is 13.5. The van der Waals surface area contributed by atoms with Gasteiger partial charge >= 0.3 is 0 Å². The lowest BCUT2D eigenvalue weighted by molar-refractivity contribution is -0.120. The monoisotopic (exact) mass is 431 g/mol. The topological polar surface area (TPSA) is 52.7 Å². The van der Waals surface area contributed by atoms with Gasteiger partial charge in [-0.2, -0.15) is 0 Å². The van der Waals surface area contributed by atoms with Crippen molar-refractivity contribution in [3.63, 3.8) is 0 Å². The van der Waals surface area contributed by atoms with Gasteiger partial charge in [0.1, 0.15) is 6.04 Å². The van der Waals surface area contributed by atoms with Crippen LogP contribution in [0.25, 0.3) is 0 Å². The minimum absolute atomic E-state index is 0.0132. The fourth-order valence-corrected chi connectivity index (χ4v) is 5.99. The van der Waals surface area contributed by atoms with Gasteiger partial charge in [-0.1, -0.05) is 31.0 Å². The maximum atomic E-state index is 13.5. The lowest BCUT2D eigenvalue weighted by Crippen LogP contribution is -2.47. The first-order chi connectivity index (χ1) is 15.6. The van der Waals surface area contributed by atoms with Crippen LogP contribution < -0.4 is 10.2 Å². The van der Waals surface area contributed by atoms with E-state index in [-0.39, 0.29) is 17.9 Å². The number of hydrogen-bond acceptors (Lipinski definition) is 3. The van der Waals surface area contributed by atoms with Crippen molar-refractivity contribution in [1.82, 2.24) is 4.90 Å². The third-order valence-electron chi connectivity index (χ3n) is 7.56. The molecular weight excluding hydrogens is 398 g/mol. The van der Waals surface area contributed by atoms with E-state index >= 15 is 0 Å². The summed E-state index contributed by atoms with van der Waals surface area (Å²) in [5.74, 6) is 0.351. The van der Waals surface area contributed by atoms with Gasteiger partial charge in [0.05, 0.1) is 0 Å². The molecule has 0 bridgehead atoms. The molecule has 2 saturated heterocycles. The van der Waals surface area contributed by atoms with Crippen molar-refractivity contribution < 1.29 is 9.59 Å². The number of benzene rings is 2. The molecule has 3 unspecified atom stereocenters. The van der Waals surface area contributed by atoms with Crippen molar-refractivity contribution in [1.29, 1.82) is 0 Å². The Hall–Kier alpha value is -2.82. The molecule has 5 nitrogen and oxygen atoms in total. The van der Waals surface area contributed by atoms with Crippen LogP contribution in [0.5, 0.6) is 0 Å². The van der Waals surface area contributed by atoms with E-state index in [9.17, 15) is 9.59 Å². The van der Waals surface area contributed by atoms with Crippen LogP contribution in [0.3, 0.4) is 0 Å². The van der Waals surface area contributed by atoms with Gasteiger partial charge in [0, 0.05) is 36.1 Å². The van der Waals surface area contributed by atoms with E-state index in [2.05, 4.69) is 29.3 Å². The SMILES string of the molecule is Cc1cc(NC(=O)C2CC3CCCCC3N2C(=O)c2ccccc2)ccc1N1CCCC1. The molecule has 32 heavy (non-hydrogen) atoms. The van der Waals surface area contributed by atoms with Gasteiger partial charge < -0.3 is 15.1 Å². The van der Waals surface area contributed by atoms with Crippen molar-refractivity contribution >= 4 is 23.2 Å². The number of likely N-dealkylation sites (tertiary alicyclic amines) is 1. The molecule has 0 aromatic heterocycles. The first-order valence-electron chi connectivity index (χ1n) is 12.2. The Bertz CT molecular complexity index is 984. The fourth-order valence-electron chi connectivity index (χ4n) is 5.99. The highest BCUT2D eigenvalue weighted by Gasteiger charge is 2.47. The van der Waals surface area contributed by atoms with Crippen molar-refractivity contribution in [2.24, 2.45) is 5.92 Å². The number of amides is 2. The summed E-state index contributed by atoms with van der Waals surface area (Å²) < 4.78 is 0. The van der Waals surface area contributed by atoms with Gasteiger partial charge in [-0.15, -0.1) is 0 Å². The number of rotatable bonds is 4. The van der Waals surface area contributed by atoms with Crippen LogP contribution in [-0.4, -0.2) is 41.9 Å². The largest absolute Gasteiger partial charge is 0.371 e. The second-order valence-electron chi connectivity index (χ2n) is 9.63. The number of fused-ring (bicyclic) bond motifs is 1. The summed E-state index contributed by atoms with van der Waals surface area (Å²) in [6.45, 7) is 4.32. The summed E-state index contributed by atoms with van der Waals surface area (Å²) in [4.78, 5) is 31.2. The Morgan fingerprint density at radius 1 is 0.938 bits per heavy atom. The number of aryl methyl sites for hydroxylation is 1. The van der Waals surface area contributed by atoms with E-state index in [4.69, 9.17) is 0 Å². The van der Waals surface area contributed by atoms with Crippen LogP contribution in [0, 0.1) is 12.8 Å². The van der Waals surface area contributed by atoms with E-state index in [1.807, 2.05) is 41.3 Å². The molecule has 2 amide bonds. The standard InChI is InChI=1S/C27H33N3O2/c1-19-17-22(13-14-23(19)29-15-7-8-16-29)28-26(31)25-18-21-11-5-6-12-24(21)30(25)27(32)20-9-3-2-4-10-20/h2-4,9-10,13-14,17,21,24-25H,5-8,11-12,15-16,18H2,1H3,(H,28,31). The summed E-state index contributed by atoms with van der Waals surface area (Å²) >= 11 is 0. The third-order valence-corrected chi connectivity index (χ3v) is 7.56. The van der Waals surface area contributed by atoms with Crippen LogP contribution in [0.15, 0.2) is 48.5 Å². The lowest BCUT2D eigenvalue weighted by Gasteiger charge is -2.33. The molecule has 0 radical (unpaired) electrons. The van der Waals surface area contributed by atoms with Crippen LogP contribution in [0.2, 0.25) is 0 Å². The average molecular weight is 432 g/mol. The van der Waals surface area contributed by atoms with E-state index in [0.29, 0.717) is 11.5 Å². The molecule has 3 aliphatic rings. The van der Waals surface area contributed by atoms with Crippen molar-refractivity contribution in [2.45, 2.75) is 64.0 Å². The molecule has 2 aromatic rings. The van der Waals surface area contributed by atoms with Crippen molar-refractivity contribution in [3.8, 4) is 0 Å². The Morgan fingerprint density at radius 3 is 2.44 bits per heavy atom. The molecule has 0 spiro atoms. The smallest absolute Gasteiger partial charge is 0.254 e. The Labute approximate surface area is 190 Å². The molecule has 5 heteroatoms. The number of carbonyl (C=O) groups excluding carboxylic acids is 2. The second kappa shape index (κ2) is 8.97. The van der Waals surface area contributed by atoms with Crippen LogP contribution in [0.1, 0.15) is 60.9 Å². The normalized spacial score (nSPS) is 25.0. The molecule has 1 N–H and O–H groups in total. The van der Waals surface area contributed by atoms with Gasteiger partial charge in [0.25, 0.3) is 5.91 Å². The molecule has 2 aliphatic heterocycles. The van der Waals surface area contributed by atoms with Gasteiger partial charge in [-0.05, 0) is 80.8 Å². The Kier molecular flexibility index (Phi) is 5.90. The summed E-state index contributed by atoms with van der Waals surface area (Å²) in [7, 11) is 0. The number of hydrogen-bond donors (Lipinski definition) is 1. The average Bonchev–Trinajstić information content (AvgIpc) is 3.47. The third kappa shape index (κ3) is 4.01. The highest BCUT2D eigenvalue weighted by molar-refractivity contribution is 6.02. The minimum Gasteiger partial charge on any atom is -0.371 e. The minimum atomic E-state index is -0.408. The zero-order chi connectivity index (χ0) is 22.1. The van der Waals surface area contributed by atoms with Crippen molar-refractivity contribution in [2.75, 3.05) is 23.3 Å². The molecule has 168 valence electrons. The van der Waals surface area contributed by atoms with Crippen LogP contribution in [0.4, 0.5) is 11.4 Å².